The molecule has 0 bridgehead atoms. The molecule has 7 nitrogen and oxygen atoms in total. The number of hydrogen-bond acceptors (Lipinski definition) is 5. The van der Waals surface area contributed by atoms with Crippen molar-refractivity contribution < 1.29 is 4.79 Å². The fourth-order valence-corrected chi connectivity index (χ4v) is 3.27. The molecule has 0 aliphatic carbocycles. The van der Waals surface area contributed by atoms with Gasteiger partial charge in [-0.05, 0) is 63.3 Å². The van der Waals surface area contributed by atoms with E-state index in [9.17, 15) is 4.79 Å². The lowest BCUT2D eigenvalue weighted by molar-refractivity contribution is -0.116. The number of hydrogen-bond donors (Lipinski definition) is 3. The molecule has 0 saturated heterocycles. The summed E-state index contributed by atoms with van der Waals surface area (Å²) in [4.78, 5) is 25.3. The number of carbonyl (C=O) groups is 1. The zero-order chi connectivity index (χ0) is 21.2. The predicted molar refractivity (Wildman–Crippen MR) is 123 cm³/mol. The van der Waals surface area contributed by atoms with Crippen molar-refractivity contribution in [3.8, 4) is 0 Å². The molecule has 1 aromatic carbocycles. The maximum absolute atomic E-state index is 11.8. The molecule has 3 aromatic rings. The maximum atomic E-state index is 11.8. The van der Waals surface area contributed by atoms with E-state index in [0.29, 0.717) is 11.6 Å². The number of aromatic nitrogens is 3. The lowest BCUT2D eigenvalue weighted by atomic mass is 10.2. The summed E-state index contributed by atoms with van der Waals surface area (Å²) >= 11 is 6.04. The number of amides is 1. The zero-order valence-corrected chi connectivity index (χ0v) is 17.8. The van der Waals surface area contributed by atoms with E-state index < -0.39 is 0 Å². The van der Waals surface area contributed by atoms with Crippen LogP contribution in [0.25, 0.3) is 17.0 Å². The average molecular weight is 427 g/mol. The molecule has 0 saturated carbocycles. The fourth-order valence-electron chi connectivity index (χ4n) is 3.10. The van der Waals surface area contributed by atoms with E-state index in [-0.39, 0.29) is 5.91 Å². The average Bonchev–Trinajstić information content (AvgIpc) is 3.26. The fraction of sp³-hybridized carbons (Fsp3) is 0.318. The first-order valence-corrected chi connectivity index (χ1v) is 10.4. The van der Waals surface area contributed by atoms with Crippen LogP contribution in [0.4, 0.5) is 5.69 Å². The van der Waals surface area contributed by atoms with Gasteiger partial charge in [0.2, 0.25) is 5.91 Å². The number of anilines is 1. The Hall–Kier alpha value is -2.90. The highest BCUT2D eigenvalue weighted by Gasteiger charge is 2.03. The van der Waals surface area contributed by atoms with Crippen LogP contribution < -0.4 is 10.6 Å². The van der Waals surface area contributed by atoms with Crippen molar-refractivity contribution in [2.24, 2.45) is 0 Å². The molecular weight excluding hydrogens is 400 g/mol. The molecule has 3 N–H and O–H groups in total. The van der Waals surface area contributed by atoms with E-state index in [2.05, 4.69) is 37.5 Å². The van der Waals surface area contributed by atoms with Crippen LogP contribution in [0, 0.1) is 0 Å². The zero-order valence-electron chi connectivity index (χ0n) is 17.1. The van der Waals surface area contributed by atoms with Gasteiger partial charge in [0.1, 0.15) is 0 Å². The van der Waals surface area contributed by atoms with Crippen molar-refractivity contribution in [2.75, 3.05) is 38.5 Å². The Kier molecular flexibility index (Phi) is 8.23. The summed E-state index contributed by atoms with van der Waals surface area (Å²) in [6.07, 6.45) is 10.2. The number of benzene rings is 1. The normalized spacial score (nSPS) is 11.4. The van der Waals surface area contributed by atoms with Crippen molar-refractivity contribution in [3.63, 3.8) is 0 Å². The summed E-state index contributed by atoms with van der Waals surface area (Å²) in [5.74, 6) is -0.101. The Balaban J connectivity index is 1.29. The van der Waals surface area contributed by atoms with Gasteiger partial charge >= 0.3 is 0 Å². The van der Waals surface area contributed by atoms with Gasteiger partial charge in [-0.2, -0.15) is 0 Å². The summed E-state index contributed by atoms with van der Waals surface area (Å²) < 4.78 is 0. The lowest BCUT2D eigenvalue weighted by Crippen LogP contribution is -2.28. The van der Waals surface area contributed by atoms with Gasteiger partial charge in [-0.15, -0.1) is 0 Å². The van der Waals surface area contributed by atoms with E-state index in [1.54, 1.807) is 24.8 Å². The summed E-state index contributed by atoms with van der Waals surface area (Å²) in [6.45, 7) is 3.44. The Morgan fingerprint density at radius 3 is 2.83 bits per heavy atom. The monoisotopic (exact) mass is 426 g/mol. The molecule has 1 amide bonds. The highest BCUT2D eigenvalue weighted by molar-refractivity contribution is 6.31. The summed E-state index contributed by atoms with van der Waals surface area (Å²) in [5, 5.41) is 8.15. The van der Waals surface area contributed by atoms with Crippen molar-refractivity contribution in [3.05, 3.63) is 59.8 Å². The number of aromatic amines is 1. The molecule has 0 unspecified atom stereocenters. The predicted octanol–water partition coefficient (Wildman–Crippen LogP) is 3.56. The van der Waals surface area contributed by atoms with Crippen molar-refractivity contribution >= 4 is 40.2 Å². The van der Waals surface area contributed by atoms with E-state index in [1.165, 1.54) is 6.08 Å². The molecule has 2 aromatic heterocycles. The minimum atomic E-state index is -0.101. The highest BCUT2D eigenvalue weighted by atomic mass is 35.5. The quantitative estimate of drug-likeness (QED) is 0.322. The molecule has 0 aliphatic rings. The molecule has 0 spiro atoms. The van der Waals surface area contributed by atoms with E-state index >= 15 is 0 Å². The van der Waals surface area contributed by atoms with Crippen LogP contribution in [0.5, 0.6) is 0 Å². The molecule has 3 rings (SSSR count). The third-order valence-electron chi connectivity index (χ3n) is 4.68. The number of fused-ring (bicyclic) bond motifs is 1. The maximum Gasteiger partial charge on any atom is 0.244 e. The number of rotatable bonds is 11. The number of pyridine rings is 1. The third-order valence-corrected chi connectivity index (χ3v) is 4.91. The summed E-state index contributed by atoms with van der Waals surface area (Å²) in [5.41, 5.74) is 2.71. The molecular formula is C22H27ClN6O. The number of imidazole rings is 1. The molecule has 0 atom stereocenters. The smallest absolute Gasteiger partial charge is 0.244 e. The van der Waals surface area contributed by atoms with Gasteiger partial charge in [0.25, 0.3) is 0 Å². The second kappa shape index (κ2) is 11.3. The van der Waals surface area contributed by atoms with Gasteiger partial charge in [0, 0.05) is 47.7 Å². The van der Waals surface area contributed by atoms with Crippen LogP contribution >= 0.6 is 11.6 Å². The van der Waals surface area contributed by atoms with Crippen LogP contribution in [0.2, 0.25) is 5.02 Å². The van der Waals surface area contributed by atoms with Gasteiger partial charge in [0.05, 0.1) is 17.5 Å². The second-order valence-corrected chi connectivity index (χ2v) is 7.51. The van der Waals surface area contributed by atoms with Gasteiger partial charge in [0.15, 0.2) is 0 Å². The Bertz CT molecular complexity index is 973. The molecule has 30 heavy (non-hydrogen) atoms. The third kappa shape index (κ3) is 6.86. The van der Waals surface area contributed by atoms with Gasteiger partial charge < -0.3 is 20.5 Å². The van der Waals surface area contributed by atoms with Crippen molar-refractivity contribution in [2.45, 2.75) is 12.8 Å². The van der Waals surface area contributed by atoms with E-state index in [0.717, 1.165) is 54.8 Å². The van der Waals surface area contributed by atoms with Crippen molar-refractivity contribution in [1.82, 2.24) is 25.2 Å². The Labute approximate surface area is 181 Å². The number of nitrogens with zero attached hydrogens (tertiary/aromatic N) is 3. The van der Waals surface area contributed by atoms with Crippen LogP contribution in [0.1, 0.15) is 18.5 Å². The first-order chi connectivity index (χ1) is 14.6. The molecule has 2 heterocycles. The lowest BCUT2D eigenvalue weighted by Gasteiger charge is -2.17. The van der Waals surface area contributed by atoms with Crippen LogP contribution in [-0.4, -0.2) is 59.0 Å². The number of nitrogens with one attached hydrogen (secondary N) is 3. The summed E-state index contributed by atoms with van der Waals surface area (Å²) in [6, 6.07) is 7.75. The number of halogens is 1. The molecule has 8 heteroatoms. The molecule has 0 aliphatic heterocycles. The first-order valence-electron chi connectivity index (χ1n) is 10.0. The topological polar surface area (TPSA) is 85.9 Å². The van der Waals surface area contributed by atoms with Gasteiger partial charge in [-0.3, -0.25) is 9.78 Å². The highest BCUT2D eigenvalue weighted by Crippen LogP contribution is 2.24. The van der Waals surface area contributed by atoms with Gasteiger partial charge in [-0.1, -0.05) is 11.6 Å². The number of carbonyl (C=O) groups excluding carboxylic acids is 1. The van der Waals surface area contributed by atoms with E-state index in [4.69, 9.17) is 11.6 Å². The van der Waals surface area contributed by atoms with Crippen LogP contribution in [-0.2, 0) is 4.79 Å². The molecule has 0 fully saturated rings. The first kappa shape index (κ1) is 21.8. The molecule has 0 radical (unpaired) electrons. The Morgan fingerprint density at radius 1 is 1.20 bits per heavy atom. The second-order valence-electron chi connectivity index (χ2n) is 7.08. The van der Waals surface area contributed by atoms with Gasteiger partial charge in [-0.25, -0.2) is 4.98 Å². The summed E-state index contributed by atoms with van der Waals surface area (Å²) in [7, 11) is 2.10. The number of H-pyrrole nitrogens is 1. The minimum absolute atomic E-state index is 0.101. The molecule has 158 valence electrons. The van der Waals surface area contributed by atoms with Crippen LogP contribution in [0.15, 0.2) is 49.1 Å². The minimum Gasteiger partial charge on any atom is -0.384 e. The largest absolute Gasteiger partial charge is 0.384 e. The van der Waals surface area contributed by atoms with E-state index in [1.807, 2.05) is 24.3 Å². The standard InChI is InChI=1S/C22H27ClN6O/c1-29(13-3-10-27-22(30)7-5-18-15-24-16-28-18)12-2-9-25-20-8-11-26-21-14-17(23)4-6-19(20)21/h4-8,11,14-16H,2-3,9-10,12-13H2,1H3,(H,24,28)(H,25,26)(H,27,30). The van der Waals surface area contributed by atoms with Crippen molar-refractivity contribution in [1.29, 1.82) is 0 Å². The SMILES string of the molecule is CN(CCCNC(=O)C=Cc1c[nH]cn1)CCCNc1ccnc2cc(Cl)ccc12. The van der Waals surface area contributed by atoms with Crippen LogP contribution in [0.3, 0.4) is 0 Å². The Morgan fingerprint density at radius 2 is 2.03 bits per heavy atom.